The van der Waals surface area contributed by atoms with E-state index in [0.717, 1.165) is 29.8 Å². The number of rotatable bonds is 5. The minimum Gasteiger partial charge on any atom is -0.327 e. The Hall–Kier alpha value is -3.60. The van der Waals surface area contributed by atoms with Gasteiger partial charge in [-0.15, -0.1) is 0 Å². The summed E-state index contributed by atoms with van der Waals surface area (Å²) in [5.74, 6) is 0.125. The number of nitrogens with zero attached hydrogens (tertiary/aromatic N) is 1. The van der Waals surface area contributed by atoms with Gasteiger partial charge in [0.1, 0.15) is 0 Å². The van der Waals surface area contributed by atoms with Gasteiger partial charge in [-0.3, -0.25) is 4.79 Å². The largest absolute Gasteiger partial charge is 0.327 e. The third-order valence-electron chi connectivity index (χ3n) is 5.03. The normalized spacial score (nSPS) is 13.6. The summed E-state index contributed by atoms with van der Waals surface area (Å²) in [6, 6.07) is 26.6. The van der Waals surface area contributed by atoms with Crippen LogP contribution in [0.15, 0.2) is 84.9 Å². The van der Waals surface area contributed by atoms with E-state index in [1.165, 1.54) is 0 Å². The molecule has 0 aromatic heterocycles. The highest BCUT2D eigenvalue weighted by Crippen LogP contribution is 2.25. The van der Waals surface area contributed by atoms with Gasteiger partial charge >= 0.3 is 6.03 Å². The van der Waals surface area contributed by atoms with E-state index >= 15 is 0 Å². The third kappa shape index (κ3) is 4.46. The molecule has 3 aromatic rings. The van der Waals surface area contributed by atoms with E-state index in [2.05, 4.69) is 10.6 Å². The summed E-state index contributed by atoms with van der Waals surface area (Å²) in [6.07, 6.45) is 1.45. The minimum atomic E-state index is -0.299. The second-order valence-electron chi connectivity index (χ2n) is 7.05. The zero-order chi connectivity index (χ0) is 20.1. The van der Waals surface area contributed by atoms with E-state index in [9.17, 15) is 9.59 Å². The van der Waals surface area contributed by atoms with Crippen molar-refractivity contribution in [1.29, 1.82) is 0 Å². The summed E-state index contributed by atoms with van der Waals surface area (Å²) in [7, 11) is 0. The van der Waals surface area contributed by atoms with Crippen LogP contribution in [0.2, 0.25) is 0 Å². The van der Waals surface area contributed by atoms with Crippen molar-refractivity contribution in [1.82, 2.24) is 5.32 Å². The van der Waals surface area contributed by atoms with Crippen molar-refractivity contribution in [3.05, 3.63) is 96.1 Å². The number of nitrogens with one attached hydrogen (secondary N) is 2. The van der Waals surface area contributed by atoms with Gasteiger partial charge < -0.3 is 15.5 Å². The number of hydrogen-bond acceptors (Lipinski definition) is 2. The molecule has 1 aliphatic heterocycles. The molecule has 5 heteroatoms. The molecule has 0 radical (unpaired) electrons. The molecular formula is C24H23N3O2. The van der Waals surface area contributed by atoms with Crippen LogP contribution in [-0.4, -0.2) is 18.5 Å². The van der Waals surface area contributed by atoms with Crippen LogP contribution in [0.4, 0.5) is 16.2 Å². The quantitative estimate of drug-likeness (QED) is 0.667. The Kier molecular flexibility index (Phi) is 5.56. The molecule has 1 heterocycles. The molecule has 29 heavy (non-hydrogen) atoms. The lowest BCUT2D eigenvalue weighted by molar-refractivity contribution is -0.117. The lowest BCUT2D eigenvalue weighted by atomic mass is 9.99. The minimum absolute atomic E-state index is 0.125. The summed E-state index contributed by atoms with van der Waals surface area (Å²) in [6.45, 7) is 0.721. The van der Waals surface area contributed by atoms with Crippen LogP contribution >= 0.6 is 0 Å². The Morgan fingerprint density at radius 1 is 0.862 bits per heavy atom. The van der Waals surface area contributed by atoms with Gasteiger partial charge in [0, 0.05) is 24.3 Å². The molecule has 1 fully saturated rings. The maximum absolute atomic E-state index is 12.8. The van der Waals surface area contributed by atoms with Gasteiger partial charge in [0.05, 0.1) is 6.04 Å². The first-order valence-electron chi connectivity index (χ1n) is 9.78. The van der Waals surface area contributed by atoms with Crippen molar-refractivity contribution in [2.75, 3.05) is 16.8 Å². The Morgan fingerprint density at radius 2 is 1.52 bits per heavy atom. The molecule has 0 unspecified atom stereocenters. The van der Waals surface area contributed by atoms with Gasteiger partial charge in [-0.05, 0) is 35.7 Å². The average Bonchev–Trinajstić information content (AvgIpc) is 3.19. The highest BCUT2D eigenvalue weighted by molar-refractivity contribution is 5.96. The lowest BCUT2D eigenvalue weighted by Gasteiger charge is -2.21. The first-order valence-corrected chi connectivity index (χ1v) is 9.78. The van der Waals surface area contributed by atoms with Crippen LogP contribution in [0.1, 0.15) is 30.0 Å². The first kappa shape index (κ1) is 18.7. The van der Waals surface area contributed by atoms with Gasteiger partial charge in [-0.1, -0.05) is 66.7 Å². The highest BCUT2D eigenvalue weighted by Gasteiger charge is 2.22. The Balaban J connectivity index is 1.51. The Morgan fingerprint density at radius 3 is 2.10 bits per heavy atom. The third-order valence-corrected chi connectivity index (χ3v) is 5.03. The molecule has 3 amide bonds. The van der Waals surface area contributed by atoms with Crippen molar-refractivity contribution in [3.63, 3.8) is 0 Å². The molecule has 146 valence electrons. The lowest BCUT2D eigenvalue weighted by Crippen LogP contribution is -2.33. The van der Waals surface area contributed by atoms with E-state index in [0.29, 0.717) is 12.1 Å². The summed E-state index contributed by atoms with van der Waals surface area (Å²) in [4.78, 5) is 26.5. The predicted octanol–water partition coefficient (Wildman–Crippen LogP) is 4.72. The summed E-state index contributed by atoms with van der Waals surface area (Å²) >= 11 is 0. The molecule has 1 aliphatic rings. The molecule has 0 atom stereocenters. The standard InChI is InChI=1S/C24H23N3O2/c28-22-15-8-16-27(22)21-14-7-13-20(17-21)25-24(29)26-23(18-9-3-1-4-10-18)19-11-5-2-6-12-19/h1-7,9-14,17,23H,8,15-16H2,(H2,25,26,29). The number of hydrogen-bond donors (Lipinski definition) is 2. The number of anilines is 2. The van der Waals surface area contributed by atoms with Crippen LogP contribution in [0.25, 0.3) is 0 Å². The molecule has 5 nitrogen and oxygen atoms in total. The molecule has 0 aliphatic carbocycles. The topological polar surface area (TPSA) is 61.4 Å². The first-order chi connectivity index (χ1) is 14.2. The zero-order valence-corrected chi connectivity index (χ0v) is 16.0. The van der Waals surface area contributed by atoms with Crippen LogP contribution in [0, 0.1) is 0 Å². The number of urea groups is 1. The van der Waals surface area contributed by atoms with Crippen molar-refractivity contribution in [2.24, 2.45) is 0 Å². The maximum atomic E-state index is 12.8. The van der Waals surface area contributed by atoms with Crippen LogP contribution in [0.5, 0.6) is 0 Å². The van der Waals surface area contributed by atoms with E-state index < -0.39 is 0 Å². The number of carbonyl (C=O) groups excluding carboxylic acids is 2. The monoisotopic (exact) mass is 385 g/mol. The van der Waals surface area contributed by atoms with Crippen molar-refractivity contribution in [3.8, 4) is 0 Å². The Labute approximate surface area is 170 Å². The van der Waals surface area contributed by atoms with Crippen LogP contribution in [-0.2, 0) is 4.79 Å². The van der Waals surface area contributed by atoms with Gasteiger partial charge in [0.25, 0.3) is 0 Å². The molecule has 2 N–H and O–H groups in total. The maximum Gasteiger partial charge on any atom is 0.319 e. The molecule has 0 spiro atoms. The molecule has 3 aromatic carbocycles. The SMILES string of the molecule is O=C(Nc1cccc(N2CCCC2=O)c1)NC(c1ccccc1)c1ccccc1. The van der Waals surface area contributed by atoms with E-state index in [1.54, 1.807) is 4.90 Å². The summed E-state index contributed by atoms with van der Waals surface area (Å²) in [5, 5.41) is 5.97. The zero-order valence-electron chi connectivity index (χ0n) is 16.0. The van der Waals surface area contributed by atoms with Gasteiger partial charge in [0.2, 0.25) is 5.91 Å². The average molecular weight is 385 g/mol. The van der Waals surface area contributed by atoms with E-state index in [4.69, 9.17) is 0 Å². The van der Waals surface area contributed by atoms with Gasteiger partial charge in [0.15, 0.2) is 0 Å². The molecule has 0 bridgehead atoms. The van der Waals surface area contributed by atoms with Crippen LogP contribution in [0.3, 0.4) is 0 Å². The fourth-order valence-electron chi connectivity index (χ4n) is 3.62. The predicted molar refractivity (Wildman–Crippen MR) is 115 cm³/mol. The summed E-state index contributed by atoms with van der Waals surface area (Å²) in [5.41, 5.74) is 3.48. The Bertz CT molecular complexity index is 950. The molecule has 0 saturated carbocycles. The second-order valence-corrected chi connectivity index (χ2v) is 7.05. The smallest absolute Gasteiger partial charge is 0.319 e. The fraction of sp³-hybridized carbons (Fsp3) is 0.167. The highest BCUT2D eigenvalue weighted by atomic mass is 16.2. The van der Waals surface area contributed by atoms with E-state index in [-0.39, 0.29) is 18.0 Å². The van der Waals surface area contributed by atoms with Crippen molar-refractivity contribution >= 4 is 23.3 Å². The molecule has 4 rings (SSSR count). The molecular weight excluding hydrogens is 362 g/mol. The van der Waals surface area contributed by atoms with E-state index in [1.807, 2.05) is 84.9 Å². The van der Waals surface area contributed by atoms with Crippen LogP contribution < -0.4 is 15.5 Å². The number of carbonyl (C=O) groups is 2. The van der Waals surface area contributed by atoms with Gasteiger partial charge in [-0.25, -0.2) is 4.79 Å². The molecule has 1 saturated heterocycles. The number of benzene rings is 3. The number of amides is 3. The second kappa shape index (κ2) is 8.61. The van der Waals surface area contributed by atoms with Crippen molar-refractivity contribution < 1.29 is 9.59 Å². The summed E-state index contributed by atoms with van der Waals surface area (Å²) < 4.78 is 0. The fourth-order valence-corrected chi connectivity index (χ4v) is 3.62. The van der Waals surface area contributed by atoms with Gasteiger partial charge in [-0.2, -0.15) is 0 Å². The van der Waals surface area contributed by atoms with Crippen molar-refractivity contribution in [2.45, 2.75) is 18.9 Å².